The van der Waals surface area contributed by atoms with E-state index < -0.39 is 0 Å². The largest absolute Gasteiger partial charge is 0.380 e. The van der Waals surface area contributed by atoms with Crippen molar-refractivity contribution >= 4 is 35.6 Å². The van der Waals surface area contributed by atoms with Gasteiger partial charge in [-0.25, -0.2) is 13.8 Å². The van der Waals surface area contributed by atoms with Gasteiger partial charge in [0.1, 0.15) is 11.6 Å². The molecule has 1 fully saturated rings. The number of hydrogen-bond donors (Lipinski definition) is 1. The van der Waals surface area contributed by atoms with Crippen molar-refractivity contribution in [3.63, 3.8) is 0 Å². The van der Waals surface area contributed by atoms with Gasteiger partial charge in [0.05, 0.1) is 13.2 Å². The molecule has 0 radical (unpaired) electrons. The summed E-state index contributed by atoms with van der Waals surface area (Å²) in [4.78, 5) is 8.67. The van der Waals surface area contributed by atoms with Gasteiger partial charge >= 0.3 is 0 Å². The van der Waals surface area contributed by atoms with Gasteiger partial charge in [0.15, 0.2) is 5.96 Å². The molecule has 0 aliphatic carbocycles. The molecule has 0 unspecified atom stereocenters. The summed E-state index contributed by atoms with van der Waals surface area (Å²) in [7, 11) is 1.54. The molecule has 0 bridgehead atoms. The van der Waals surface area contributed by atoms with Gasteiger partial charge in [0, 0.05) is 44.5 Å². The Hall–Kier alpha value is -1.94. The number of piperazine rings is 1. The Morgan fingerprint density at radius 1 is 1.07 bits per heavy atom. The van der Waals surface area contributed by atoms with Gasteiger partial charge in [0.2, 0.25) is 0 Å². The molecule has 1 heterocycles. The molecule has 1 aliphatic heterocycles. The van der Waals surface area contributed by atoms with Gasteiger partial charge < -0.3 is 20.3 Å². The van der Waals surface area contributed by atoms with Crippen molar-refractivity contribution in [2.75, 3.05) is 38.2 Å². The first kappa shape index (κ1) is 22.4. The number of rotatable bonds is 5. The van der Waals surface area contributed by atoms with Crippen molar-refractivity contribution in [2.45, 2.75) is 13.2 Å². The van der Waals surface area contributed by atoms with Gasteiger partial charge in [-0.1, -0.05) is 6.07 Å². The maximum Gasteiger partial charge on any atom is 0.191 e. The monoisotopic (exact) mass is 502 g/mol. The first-order valence-corrected chi connectivity index (χ1v) is 8.88. The summed E-state index contributed by atoms with van der Waals surface area (Å²) in [5.41, 5.74) is 8.54. The summed E-state index contributed by atoms with van der Waals surface area (Å²) < 4.78 is 31.7. The lowest BCUT2D eigenvalue weighted by atomic mass is 10.1. The predicted octanol–water partition coefficient (Wildman–Crippen LogP) is 3.37. The van der Waals surface area contributed by atoms with Crippen molar-refractivity contribution in [1.82, 2.24) is 4.90 Å². The first-order valence-electron chi connectivity index (χ1n) is 8.88. The maximum absolute atomic E-state index is 13.7. The summed E-state index contributed by atoms with van der Waals surface area (Å²) in [6.45, 7) is 3.67. The van der Waals surface area contributed by atoms with E-state index in [1.807, 2.05) is 4.90 Å². The van der Waals surface area contributed by atoms with E-state index in [1.165, 1.54) is 25.3 Å². The molecule has 0 atom stereocenters. The van der Waals surface area contributed by atoms with Gasteiger partial charge in [-0.2, -0.15) is 0 Å². The Bertz CT molecular complexity index is 793. The third kappa shape index (κ3) is 5.78. The fraction of sp³-hybridized carbons (Fsp3) is 0.350. The average molecular weight is 502 g/mol. The lowest BCUT2D eigenvalue weighted by Gasteiger charge is -2.36. The number of guanidine groups is 1. The molecule has 0 saturated carbocycles. The van der Waals surface area contributed by atoms with Crippen LogP contribution >= 0.6 is 24.0 Å². The number of ether oxygens (including phenoxy) is 1. The van der Waals surface area contributed by atoms with Crippen LogP contribution in [0.25, 0.3) is 0 Å². The summed E-state index contributed by atoms with van der Waals surface area (Å²) in [6, 6.07) is 11.4. The molecule has 8 heteroatoms. The Morgan fingerprint density at radius 3 is 2.39 bits per heavy atom. The van der Waals surface area contributed by atoms with Crippen molar-refractivity contribution in [3.05, 3.63) is 65.2 Å². The highest BCUT2D eigenvalue weighted by molar-refractivity contribution is 14.0. The highest BCUT2D eigenvalue weighted by atomic mass is 127. The zero-order chi connectivity index (χ0) is 19.2. The van der Waals surface area contributed by atoms with Crippen LogP contribution < -0.4 is 10.6 Å². The smallest absolute Gasteiger partial charge is 0.191 e. The minimum absolute atomic E-state index is 0. The van der Waals surface area contributed by atoms with Crippen LogP contribution in [-0.4, -0.2) is 44.1 Å². The lowest BCUT2D eigenvalue weighted by Crippen LogP contribution is -2.51. The Balaban J connectivity index is 0.00000280. The number of aliphatic imine (C=N–C) groups is 1. The van der Waals surface area contributed by atoms with Crippen molar-refractivity contribution in [2.24, 2.45) is 10.7 Å². The second-order valence-corrected chi connectivity index (χ2v) is 6.48. The number of anilines is 1. The number of halogens is 3. The third-order valence-electron chi connectivity index (χ3n) is 4.63. The Morgan fingerprint density at radius 2 is 1.75 bits per heavy atom. The van der Waals surface area contributed by atoms with Crippen LogP contribution in [0.4, 0.5) is 14.5 Å². The molecule has 2 aromatic carbocycles. The molecule has 0 aromatic heterocycles. The number of benzene rings is 2. The van der Waals surface area contributed by atoms with Gasteiger partial charge in [-0.15, -0.1) is 24.0 Å². The topological polar surface area (TPSA) is 54.1 Å². The maximum atomic E-state index is 13.7. The number of nitrogens with zero attached hydrogens (tertiary/aromatic N) is 3. The summed E-state index contributed by atoms with van der Waals surface area (Å²) in [6.07, 6.45) is 0. The van der Waals surface area contributed by atoms with Crippen LogP contribution in [0.15, 0.2) is 47.5 Å². The van der Waals surface area contributed by atoms with Crippen molar-refractivity contribution in [1.29, 1.82) is 0 Å². The van der Waals surface area contributed by atoms with E-state index in [1.54, 1.807) is 24.3 Å². The Kier molecular flexibility index (Phi) is 8.43. The quantitative estimate of drug-likeness (QED) is 0.387. The van der Waals surface area contributed by atoms with Gasteiger partial charge in [-0.3, -0.25) is 0 Å². The summed E-state index contributed by atoms with van der Waals surface area (Å²) in [5.74, 6) is -0.0379. The van der Waals surface area contributed by atoms with E-state index in [0.717, 1.165) is 37.4 Å². The standard InChI is InChI=1S/C20H24F2N4O.HI/c1-27-14-16-12-15(2-7-19(16)22)13-24-20(23)26-10-8-25(9-11-26)18-5-3-17(21)4-6-18;/h2-7,12H,8-11,13-14H2,1H3,(H2,23,24);1H. The van der Waals surface area contributed by atoms with Crippen LogP contribution in [0, 0.1) is 11.6 Å². The van der Waals surface area contributed by atoms with Crippen molar-refractivity contribution in [3.8, 4) is 0 Å². The van der Waals surface area contributed by atoms with E-state index in [4.69, 9.17) is 10.5 Å². The van der Waals surface area contributed by atoms with Crippen LogP contribution in [-0.2, 0) is 17.9 Å². The number of hydrogen-bond acceptors (Lipinski definition) is 3. The normalized spacial score (nSPS) is 14.8. The molecule has 1 saturated heterocycles. The molecule has 0 spiro atoms. The second-order valence-electron chi connectivity index (χ2n) is 6.48. The number of nitrogens with two attached hydrogens (primary N) is 1. The van der Waals surface area contributed by atoms with Gasteiger partial charge in [-0.05, 0) is 42.0 Å². The van der Waals surface area contributed by atoms with Gasteiger partial charge in [0.25, 0.3) is 0 Å². The molecule has 0 amide bonds. The fourth-order valence-electron chi connectivity index (χ4n) is 3.11. The van der Waals surface area contributed by atoms with Crippen LogP contribution in [0.3, 0.4) is 0 Å². The van der Waals surface area contributed by atoms with Crippen LogP contribution in [0.5, 0.6) is 0 Å². The zero-order valence-corrected chi connectivity index (χ0v) is 18.1. The van der Waals surface area contributed by atoms with Crippen LogP contribution in [0.1, 0.15) is 11.1 Å². The molecule has 152 valence electrons. The average Bonchev–Trinajstić information content (AvgIpc) is 2.69. The minimum Gasteiger partial charge on any atom is -0.380 e. The van der Waals surface area contributed by atoms with Crippen LogP contribution in [0.2, 0.25) is 0 Å². The highest BCUT2D eigenvalue weighted by Gasteiger charge is 2.18. The highest BCUT2D eigenvalue weighted by Crippen LogP contribution is 2.17. The molecule has 1 aliphatic rings. The van der Waals surface area contributed by atoms with E-state index in [9.17, 15) is 8.78 Å². The van der Waals surface area contributed by atoms with Crippen molar-refractivity contribution < 1.29 is 13.5 Å². The Labute approximate surface area is 181 Å². The first-order chi connectivity index (χ1) is 13.1. The van der Waals surface area contributed by atoms with E-state index in [2.05, 4.69) is 9.89 Å². The molecular formula is C20H25F2IN4O. The molecular weight excluding hydrogens is 477 g/mol. The SMILES string of the molecule is COCc1cc(CN=C(N)N2CCN(c3ccc(F)cc3)CC2)ccc1F.I. The second kappa shape index (κ2) is 10.6. The third-order valence-corrected chi connectivity index (χ3v) is 4.63. The fourth-order valence-corrected chi connectivity index (χ4v) is 3.11. The number of methoxy groups -OCH3 is 1. The molecule has 3 rings (SSSR count). The van der Waals surface area contributed by atoms with E-state index in [-0.39, 0.29) is 42.2 Å². The summed E-state index contributed by atoms with van der Waals surface area (Å²) in [5, 5.41) is 0. The zero-order valence-electron chi connectivity index (χ0n) is 15.8. The van der Waals surface area contributed by atoms with E-state index >= 15 is 0 Å². The molecule has 2 aromatic rings. The van der Waals surface area contributed by atoms with E-state index in [0.29, 0.717) is 18.1 Å². The predicted molar refractivity (Wildman–Crippen MR) is 118 cm³/mol. The molecule has 28 heavy (non-hydrogen) atoms. The lowest BCUT2D eigenvalue weighted by molar-refractivity contribution is 0.181. The minimum atomic E-state index is -0.283. The molecule has 5 nitrogen and oxygen atoms in total. The molecule has 2 N–H and O–H groups in total. The summed E-state index contributed by atoms with van der Waals surface area (Å²) >= 11 is 0.